The molecular weight excluding hydrogens is 338 g/mol. The molecule has 0 aliphatic heterocycles. The third kappa shape index (κ3) is 6.48. The van der Waals surface area contributed by atoms with Crippen LogP contribution in [0.1, 0.15) is 79.8 Å². The number of fused-ring (bicyclic) bond motifs is 1. The van der Waals surface area contributed by atoms with E-state index in [2.05, 4.69) is 83.2 Å². The highest BCUT2D eigenvalue weighted by Crippen LogP contribution is 2.39. The molecule has 1 atom stereocenters. The fourth-order valence-corrected chi connectivity index (χ4v) is 3.36. The summed E-state index contributed by atoms with van der Waals surface area (Å²) in [6.07, 6.45) is 13.5. The van der Waals surface area contributed by atoms with Crippen molar-refractivity contribution in [1.29, 1.82) is 0 Å². The van der Waals surface area contributed by atoms with Gasteiger partial charge in [0.2, 0.25) is 0 Å². The van der Waals surface area contributed by atoms with Gasteiger partial charge in [0.15, 0.2) is 0 Å². The molecule has 1 unspecified atom stereocenters. The molecule has 0 saturated carbocycles. The Morgan fingerprint density at radius 3 is 2.36 bits per heavy atom. The maximum Gasteiger partial charge on any atom is 0.0743 e. The molecule has 0 radical (unpaired) electrons. The summed E-state index contributed by atoms with van der Waals surface area (Å²) in [6, 6.07) is 10.7. The summed E-state index contributed by atoms with van der Waals surface area (Å²) < 4.78 is 0. The predicted molar refractivity (Wildman–Crippen MR) is 128 cm³/mol. The highest BCUT2D eigenvalue weighted by Gasteiger charge is 2.22. The Bertz CT molecular complexity index is 803. The molecule has 152 valence electrons. The van der Waals surface area contributed by atoms with E-state index in [4.69, 9.17) is 4.98 Å². The predicted octanol–water partition coefficient (Wildman–Crippen LogP) is 8.77. The summed E-state index contributed by atoms with van der Waals surface area (Å²) in [7, 11) is 0. The van der Waals surface area contributed by atoms with Crippen LogP contribution in [0, 0.1) is 5.92 Å². The minimum absolute atomic E-state index is 0.528. The molecule has 1 aliphatic carbocycles. The van der Waals surface area contributed by atoms with E-state index >= 15 is 0 Å². The molecule has 0 saturated heterocycles. The fraction of sp³-hybridized carbons (Fsp3) is 0.444. The normalized spacial score (nSPS) is 16.2. The van der Waals surface area contributed by atoms with Gasteiger partial charge in [-0.3, -0.25) is 4.98 Å². The lowest BCUT2D eigenvalue weighted by Gasteiger charge is -2.25. The maximum atomic E-state index is 4.75. The third-order valence-electron chi connectivity index (χ3n) is 4.81. The Balaban J connectivity index is 0.000000717. The van der Waals surface area contributed by atoms with Crippen LogP contribution < -0.4 is 0 Å². The van der Waals surface area contributed by atoms with Gasteiger partial charge < -0.3 is 0 Å². The van der Waals surface area contributed by atoms with Crippen molar-refractivity contribution in [1.82, 2.24) is 4.98 Å². The van der Waals surface area contributed by atoms with Crippen LogP contribution in [0.3, 0.4) is 0 Å². The summed E-state index contributed by atoms with van der Waals surface area (Å²) in [6.45, 7) is 14.9. The second kappa shape index (κ2) is 13.1. The number of hydrogen-bond donors (Lipinski definition) is 0. The average molecular weight is 378 g/mol. The summed E-state index contributed by atoms with van der Waals surface area (Å²) in [5.41, 5.74) is 5.45. The highest BCUT2D eigenvalue weighted by atomic mass is 14.7. The first-order valence-corrected chi connectivity index (χ1v) is 11.0. The van der Waals surface area contributed by atoms with Crippen LogP contribution in [0.5, 0.6) is 0 Å². The number of nitrogens with zero attached hydrogens (tertiary/aromatic N) is 1. The molecule has 0 spiro atoms. The molecule has 1 nitrogen and oxygen atoms in total. The number of benzene rings is 1. The van der Waals surface area contributed by atoms with E-state index in [1.807, 2.05) is 20.0 Å². The van der Waals surface area contributed by atoms with E-state index in [1.54, 1.807) is 0 Å². The minimum Gasteiger partial charge on any atom is -0.256 e. The lowest BCUT2D eigenvalue weighted by atomic mass is 9.80. The molecule has 1 heterocycles. The molecule has 0 N–H and O–H groups in total. The number of aromatic nitrogens is 1. The van der Waals surface area contributed by atoms with Crippen LogP contribution in [0.25, 0.3) is 16.3 Å². The molecule has 28 heavy (non-hydrogen) atoms. The smallest absolute Gasteiger partial charge is 0.0743 e. The first-order chi connectivity index (χ1) is 13.6. The molecule has 0 bridgehead atoms. The van der Waals surface area contributed by atoms with Gasteiger partial charge in [-0.15, -0.1) is 0 Å². The van der Waals surface area contributed by atoms with Gasteiger partial charge in [0.1, 0.15) is 0 Å². The molecule has 0 amide bonds. The monoisotopic (exact) mass is 377 g/mol. The maximum absolute atomic E-state index is 4.75. The van der Waals surface area contributed by atoms with Gasteiger partial charge in [-0.2, -0.15) is 0 Å². The first-order valence-electron chi connectivity index (χ1n) is 11.0. The van der Waals surface area contributed by atoms with Gasteiger partial charge in [-0.25, -0.2) is 0 Å². The highest BCUT2D eigenvalue weighted by molar-refractivity contribution is 5.93. The van der Waals surface area contributed by atoms with E-state index in [9.17, 15) is 0 Å². The topological polar surface area (TPSA) is 12.9 Å². The van der Waals surface area contributed by atoms with Crippen molar-refractivity contribution < 1.29 is 0 Å². The molecule has 2 aromatic rings. The fourth-order valence-electron chi connectivity index (χ4n) is 3.36. The van der Waals surface area contributed by atoms with E-state index in [0.717, 1.165) is 25.0 Å². The van der Waals surface area contributed by atoms with Crippen molar-refractivity contribution in [3.05, 3.63) is 71.6 Å². The zero-order valence-electron chi connectivity index (χ0n) is 19.0. The first kappa shape index (κ1) is 23.9. The van der Waals surface area contributed by atoms with Crippen LogP contribution in [-0.4, -0.2) is 4.98 Å². The molecule has 1 aromatic carbocycles. The van der Waals surface area contributed by atoms with Gasteiger partial charge in [-0.1, -0.05) is 94.7 Å². The Morgan fingerprint density at radius 1 is 1.00 bits per heavy atom. The summed E-state index contributed by atoms with van der Waals surface area (Å²) in [5.74, 6) is 0.528. The van der Waals surface area contributed by atoms with Crippen LogP contribution in [-0.2, 0) is 0 Å². The lowest BCUT2D eigenvalue weighted by Crippen LogP contribution is -2.10. The van der Waals surface area contributed by atoms with E-state index in [1.165, 1.54) is 33.9 Å². The Hall–Kier alpha value is -2.15. The van der Waals surface area contributed by atoms with E-state index in [-0.39, 0.29) is 0 Å². The van der Waals surface area contributed by atoms with Gasteiger partial charge in [0.25, 0.3) is 0 Å². The Morgan fingerprint density at radius 2 is 1.68 bits per heavy atom. The molecule has 1 aliphatic rings. The molecule has 3 rings (SSSR count). The SMILES string of the molecule is CC.CCC.CCC=CCC1CC(C)=C(C)C=C1c1nccc2ccccc12. The summed E-state index contributed by atoms with van der Waals surface area (Å²) in [5, 5.41) is 2.53. The van der Waals surface area contributed by atoms with Crippen molar-refractivity contribution in [2.75, 3.05) is 0 Å². The second-order valence-corrected chi connectivity index (χ2v) is 7.17. The number of hydrogen-bond acceptors (Lipinski definition) is 1. The molecular formula is C27H39N. The van der Waals surface area contributed by atoms with Gasteiger partial charge in [0.05, 0.1) is 5.69 Å². The van der Waals surface area contributed by atoms with Gasteiger partial charge >= 0.3 is 0 Å². The zero-order valence-corrected chi connectivity index (χ0v) is 19.0. The van der Waals surface area contributed by atoms with Crippen molar-refractivity contribution in [2.24, 2.45) is 5.92 Å². The second-order valence-electron chi connectivity index (χ2n) is 7.17. The van der Waals surface area contributed by atoms with Crippen molar-refractivity contribution in [2.45, 2.75) is 74.1 Å². The van der Waals surface area contributed by atoms with Crippen molar-refractivity contribution >= 4 is 16.3 Å². The average Bonchev–Trinajstić information content (AvgIpc) is 2.72. The van der Waals surface area contributed by atoms with E-state index < -0.39 is 0 Å². The van der Waals surface area contributed by atoms with Crippen LogP contribution >= 0.6 is 0 Å². The van der Waals surface area contributed by atoms with Crippen LogP contribution in [0.15, 0.2) is 65.9 Å². The quantitative estimate of drug-likeness (QED) is 0.485. The Kier molecular flexibility index (Phi) is 11.2. The number of pyridine rings is 1. The van der Waals surface area contributed by atoms with Crippen LogP contribution in [0.2, 0.25) is 0 Å². The number of rotatable bonds is 4. The lowest BCUT2D eigenvalue weighted by molar-refractivity contribution is 0.658. The van der Waals surface area contributed by atoms with Gasteiger partial charge in [-0.05, 0) is 56.1 Å². The Labute approximate surface area is 173 Å². The molecule has 0 fully saturated rings. The molecule has 1 aromatic heterocycles. The van der Waals surface area contributed by atoms with Crippen molar-refractivity contribution in [3.63, 3.8) is 0 Å². The largest absolute Gasteiger partial charge is 0.256 e. The molecule has 1 heteroatoms. The van der Waals surface area contributed by atoms with Crippen LogP contribution in [0.4, 0.5) is 0 Å². The number of allylic oxidation sites excluding steroid dienone is 6. The van der Waals surface area contributed by atoms with Gasteiger partial charge in [0, 0.05) is 11.6 Å². The summed E-state index contributed by atoms with van der Waals surface area (Å²) in [4.78, 5) is 4.75. The summed E-state index contributed by atoms with van der Waals surface area (Å²) >= 11 is 0. The standard InChI is InChI=1S/C22H25N.C3H8.C2H6/c1-4-5-6-10-19-14-16(2)17(3)15-21(19)22-20-11-8-7-9-18(20)12-13-23-22;1-3-2;1-2/h5-9,11-13,15,19H,4,10,14H2,1-3H3;3H2,1-2H3;1-2H3. The third-order valence-corrected chi connectivity index (χ3v) is 4.81. The minimum atomic E-state index is 0.528. The van der Waals surface area contributed by atoms with E-state index in [0.29, 0.717) is 5.92 Å². The van der Waals surface area contributed by atoms with Crippen molar-refractivity contribution in [3.8, 4) is 0 Å². The zero-order chi connectivity index (χ0) is 20.9.